The van der Waals surface area contributed by atoms with Crippen molar-refractivity contribution in [3.63, 3.8) is 0 Å². The molecule has 29 heavy (non-hydrogen) atoms. The van der Waals surface area contributed by atoms with E-state index < -0.39 is 10.0 Å². The van der Waals surface area contributed by atoms with Crippen molar-refractivity contribution < 1.29 is 17.6 Å². The van der Waals surface area contributed by atoms with Crippen molar-refractivity contribution in [2.45, 2.75) is 25.2 Å². The minimum atomic E-state index is -3.35. The standard InChI is InChI=1S/C22H25FN2O3S/c23-20-9-7-19(8-10-20)22(26)24-12-14-25(15-13-24)29(27,28)16-11-18-6-5-17-3-1-2-4-21(17)18/h1-4,7-10,18H,5-6,11-16H2. The first-order valence-corrected chi connectivity index (χ1v) is 11.7. The number of carbonyl (C=O) groups is 1. The molecule has 4 rings (SSSR count). The molecule has 0 N–H and O–H groups in total. The summed E-state index contributed by atoms with van der Waals surface area (Å²) >= 11 is 0. The van der Waals surface area contributed by atoms with E-state index in [9.17, 15) is 17.6 Å². The third kappa shape index (κ3) is 4.36. The summed E-state index contributed by atoms with van der Waals surface area (Å²) in [5.74, 6) is -0.132. The van der Waals surface area contributed by atoms with Gasteiger partial charge >= 0.3 is 0 Å². The number of benzene rings is 2. The molecule has 1 fully saturated rings. The van der Waals surface area contributed by atoms with Gasteiger partial charge in [-0.05, 0) is 60.6 Å². The highest BCUT2D eigenvalue weighted by atomic mass is 32.2. The van der Waals surface area contributed by atoms with E-state index in [0.29, 0.717) is 44.1 Å². The lowest BCUT2D eigenvalue weighted by Gasteiger charge is -2.34. The lowest BCUT2D eigenvalue weighted by molar-refractivity contribution is 0.0698. The van der Waals surface area contributed by atoms with Crippen LogP contribution in [0.2, 0.25) is 0 Å². The number of halogens is 1. The lowest BCUT2D eigenvalue weighted by Crippen LogP contribution is -2.51. The Bertz CT molecular complexity index is 983. The Kier molecular flexibility index (Phi) is 5.69. The van der Waals surface area contributed by atoms with Gasteiger partial charge in [0.1, 0.15) is 5.82 Å². The fourth-order valence-corrected chi connectivity index (χ4v) is 5.87. The number of hydrogen-bond acceptors (Lipinski definition) is 3. The Balaban J connectivity index is 1.32. The SMILES string of the molecule is O=C(c1ccc(F)cc1)N1CCN(S(=O)(=O)CCC2CCc3ccccc32)CC1. The minimum Gasteiger partial charge on any atom is -0.336 e. The Labute approximate surface area is 171 Å². The molecule has 0 aromatic heterocycles. The Hall–Kier alpha value is -2.25. The summed E-state index contributed by atoms with van der Waals surface area (Å²) in [6.07, 6.45) is 2.66. The number of piperazine rings is 1. The predicted octanol–water partition coefficient (Wildman–Crippen LogP) is 3.03. The molecule has 7 heteroatoms. The van der Waals surface area contributed by atoms with Crippen LogP contribution in [0, 0.1) is 5.82 Å². The van der Waals surface area contributed by atoms with Gasteiger partial charge in [-0.2, -0.15) is 4.31 Å². The van der Waals surface area contributed by atoms with Crippen molar-refractivity contribution in [2.24, 2.45) is 0 Å². The predicted molar refractivity (Wildman–Crippen MR) is 110 cm³/mol. The molecule has 1 aliphatic heterocycles. The number of aryl methyl sites for hydroxylation is 1. The number of hydrogen-bond donors (Lipinski definition) is 0. The van der Waals surface area contributed by atoms with Crippen molar-refractivity contribution in [1.82, 2.24) is 9.21 Å². The van der Waals surface area contributed by atoms with Crippen LogP contribution in [0.1, 0.15) is 40.2 Å². The van der Waals surface area contributed by atoms with E-state index in [0.717, 1.165) is 12.8 Å². The number of nitrogens with zero attached hydrogens (tertiary/aromatic N) is 2. The van der Waals surface area contributed by atoms with Crippen LogP contribution in [0.25, 0.3) is 0 Å². The second-order valence-electron chi connectivity index (χ2n) is 7.74. The fraction of sp³-hybridized carbons (Fsp3) is 0.409. The van der Waals surface area contributed by atoms with Crippen LogP contribution in [0.5, 0.6) is 0 Å². The van der Waals surface area contributed by atoms with Crippen LogP contribution in [-0.4, -0.2) is 55.5 Å². The van der Waals surface area contributed by atoms with Crippen LogP contribution in [0.15, 0.2) is 48.5 Å². The van der Waals surface area contributed by atoms with E-state index in [1.807, 2.05) is 12.1 Å². The van der Waals surface area contributed by atoms with Gasteiger partial charge in [0, 0.05) is 31.7 Å². The van der Waals surface area contributed by atoms with E-state index in [-0.39, 0.29) is 17.5 Å². The van der Waals surface area contributed by atoms with Gasteiger partial charge in [0.15, 0.2) is 0 Å². The molecule has 2 aromatic rings. The van der Waals surface area contributed by atoms with Gasteiger partial charge in [-0.1, -0.05) is 24.3 Å². The first-order chi connectivity index (χ1) is 13.9. The normalized spacial score (nSPS) is 19.9. The van der Waals surface area contributed by atoms with Gasteiger partial charge in [-0.15, -0.1) is 0 Å². The zero-order valence-corrected chi connectivity index (χ0v) is 17.1. The van der Waals surface area contributed by atoms with Crippen molar-refractivity contribution >= 4 is 15.9 Å². The Morgan fingerprint density at radius 1 is 1.00 bits per heavy atom. The number of amides is 1. The number of fused-ring (bicyclic) bond motifs is 1. The number of sulfonamides is 1. The van der Waals surface area contributed by atoms with E-state index in [4.69, 9.17) is 0 Å². The summed E-state index contributed by atoms with van der Waals surface area (Å²) < 4.78 is 40.2. The van der Waals surface area contributed by atoms with Crippen molar-refractivity contribution in [2.75, 3.05) is 31.9 Å². The molecular formula is C22H25FN2O3S. The molecule has 0 bridgehead atoms. The van der Waals surface area contributed by atoms with Gasteiger partial charge in [-0.25, -0.2) is 12.8 Å². The van der Waals surface area contributed by atoms with E-state index in [1.54, 1.807) is 4.90 Å². The summed E-state index contributed by atoms with van der Waals surface area (Å²) in [6, 6.07) is 13.7. The van der Waals surface area contributed by atoms with Crippen molar-refractivity contribution in [1.29, 1.82) is 0 Å². The fourth-order valence-electron chi connectivity index (χ4n) is 4.31. The first-order valence-electron chi connectivity index (χ1n) is 10.0. The van der Waals surface area contributed by atoms with E-state index >= 15 is 0 Å². The molecule has 1 aliphatic carbocycles. The summed E-state index contributed by atoms with van der Waals surface area (Å²) in [4.78, 5) is 14.2. The maximum absolute atomic E-state index is 13.0. The zero-order chi connectivity index (χ0) is 20.4. The highest BCUT2D eigenvalue weighted by molar-refractivity contribution is 7.89. The molecule has 0 spiro atoms. The van der Waals surface area contributed by atoms with Crippen molar-refractivity contribution in [3.05, 3.63) is 71.0 Å². The Morgan fingerprint density at radius 3 is 2.41 bits per heavy atom. The molecule has 5 nitrogen and oxygen atoms in total. The van der Waals surface area contributed by atoms with Crippen LogP contribution in [-0.2, 0) is 16.4 Å². The van der Waals surface area contributed by atoms with Gasteiger partial charge < -0.3 is 4.90 Å². The average molecular weight is 417 g/mol. The van der Waals surface area contributed by atoms with E-state index in [1.165, 1.54) is 39.7 Å². The van der Waals surface area contributed by atoms with Gasteiger partial charge in [0.2, 0.25) is 10.0 Å². The minimum absolute atomic E-state index is 0.137. The highest BCUT2D eigenvalue weighted by Gasteiger charge is 2.31. The topological polar surface area (TPSA) is 57.7 Å². The molecule has 1 unspecified atom stereocenters. The summed E-state index contributed by atoms with van der Waals surface area (Å²) in [5.41, 5.74) is 3.04. The highest BCUT2D eigenvalue weighted by Crippen LogP contribution is 2.35. The van der Waals surface area contributed by atoms with Crippen LogP contribution < -0.4 is 0 Å². The molecular weight excluding hydrogens is 391 g/mol. The van der Waals surface area contributed by atoms with Gasteiger partial charge in [-0.3, -0.25) is 4.79 Å². The van der Waals surface area contributed by atoms with Crippen LogP contribution >= 0.6 is 0 Å². The molecule has 154 valence electrons. The number of rotatable bonds is 5. The smallest absolute Gasteiger partial charge is 0.253 e. The molecule has 1 saturated heterocycles. The molecule has 2 aromatic carbocycles. The molecule has 2 aliphatic rings. The molecule has 1 atom stereocenters. The second-order valence-corrected chi connectivity index (χ2v) is 9.83. The quantitative estimate of drug-likeness (QED) is 0.753. The zero-order valence-electron chi connectivity index (χ0n) is 16.3. The summed E-state index contributed by atoms with van der Waals surface area (Å²) in [7, 11) is -3.35. The first kappa shape index (κ1) is 20.0. The third-order valence-electron chi connectivity index (χ3n) is 5.99. The monoisotopic (exact) mass is 416 g/mol. The lowest BCUT2D eigenvalue weighted by atomic mass is 9.99. The molecule has 1 heterocycles. The van der Waals surface area contributed by atoms with E-state index in [2.05, 4.69) is 12.1 Å². The second kappa shape index (κ2) is 8.24. The van der Waals surface area contributed by atoms with Crippen molar-refractivity contribution in [3.8, 4) is 0 Å². The summed E-state index contributed by atoms with van der Waals surface area (Å²) in [6.45, 7) is 1.30. The van der Waals surface area contributed by atoms with Gasteiger partial charge in [0.05, 0.1) is 5.75 Å². The summed E-state index contributed by atoms with van der Waals surface area (Å²) in [5, 5.41) is 0. The maximum Gasteiger partial charge on any atom is 0.253 e. The largest absolute Gasteiger partial charge is 0.336 e. The van der Waals surface area contributed by atoms with Gasteiger partial charge in [0.25, 0.3) is 5.91 Å². The molecule has 0 radical (unpaired) electrons. The molecule has 0 saturated carbocycles. The number of carbonyl (C=O) groups excluding carboxylic acids is 1. The Morgan fingerprint density at radius 2 is 1.69 bits per heavy atom. The average Bonchev–Trinajstić information content (AvgIpc) is 3.16. The van der Waals surface area contributed by atoms with Crippen LogP contribution in [0.4, 0.5) is 4.39 Å². The maximum atomic E-state index is 13.0. The molecule has 1 amide bonds. The van der Waals surface area contributed by atoms with Crippen LogP contribution in [0.3, 0.4) is 0 Å². The third-order valence-corrected chi connectivity index (χ3v) is 7.90.